The lowest BCUT2D eigenvalue weighted by Gasteiger charge is -2.33. The summed E-state index contributed by atoms with van der Waals surface area (Å²) in [6, 6.07) is 10.8. The number of hydrogen-bond donors (Lipinski definition) is 2. The van der Waals surface area contributed by atoms with Gasteiger partial charge in [0.2, 0.25) is 0 Å². The van der Waals surface area contributed by atoms with Crippen LogP contribution in [-0.4, -0.2) is 56.6 Å². The fraction of sp³-hybridized carbons (Fsp3) is 0.650. The van der Waals surface area contributed by atoms with Crippen molar-refractivity contribution in [2.24, 2.45) is 10.4 Å². The van der Waals surface area contributed by atoms with Gasteiger partial charge in [-0.25, -0.2) is 8.78 Å². The van der Waals surface area contributed by atoms with Crippen LogP contribution in [0.4, 0.5) is 8.78 Å². The number of rotatable bonds is 7. The Morgan fingerprint density at radius 3 is 2.41 bits per heavy atom. The van der Waals surface area contributed by atoms with Crippen molar-refractivity contribution in [1.82, 2.24) is 15.5 Å². The van der Waals surface area contributed by atoms with Crippen LogP contribution < -0.4 is 10.6 Å². The minimum absolute atomic E-state index is 0. The quantitative estimate of drug-likeness (QED) is 0.345. The summed E-state index contributed by atoms with van der Waals surface area (Å²) in [6.45, 7) is 6.59. The summed E-state index contributed by atoms with van der Waals surface area (Å²) >= 11 is 0. The van der Waals surface area contributed by atoms with Gasteiger partial charge in [0.1, 0.15) is 0 Å². The molecule has 1 aromatic rings. The Morgan fingerprint density at radius 1 is 1.22 bits per heavy atom. The van der Waals surface area contributed by atoms with Crippen molar-refractivity contribution in [2.45, 2.75) is 45.6 Å². The molecule has 0 aliphatic carbocycles. The number of guanidine groups is 1. The Morgan fingerprint density at radius 2 is 1.85 bits per heavy atom. The standard InChI is InChI=1S/C20H32F2N4.HI/c1-20(2,13-16-7-5-4-6-8-16)15-24-19(23-3)25-17-9-11-26(12-10-17)14-18(21)22;/h4-8,17-18H,9-15H2,1-3H3,(H2,23,24,25);1H. The number of alkyl halides is 2. The van der Waals surface area contributed by atoms with Gasteiger partial charge in [-0.1, -0.05) is 44.2 Å². The van der Waals surface area contributed by atoms with E-state index in [9.17, 15) is 8.78 Å². The Kier molecular flexibility index (Phi) is 10.5. The molecule has 0 radical (unpaired) electrons. The molecule has 0 saturated carbocycles. The van der Waals surface area contributed by atoms with Crippen LogP contribution in [0, 0.1) is 5.41 Å². The van der Waals surface area contributed by atoms with Gasteiger partial charge in [0.15, 0.2) is 5.96 Å². The predicted molar refractivity (Wildman–Crippen MR) is 119 cm³/mol. The average molecular weight is 494 g/mol. The second kappa shape index (κ2) is 11.8. The molecule has 0 bridgehead atoms. The molecule has 1 fully saturated rings. The van der Waals surface area contributed by atoms with Gasteiger partial charge in [-0.05, 0) is 30.2 Å². The highest BCUT2D eigenvalue weighted by Crippen LogP contribution is 2.20. The van der Waals surface area contributed by atoms with E-state index in [1.165, 1.54) is 5.56 Å². The molecule has 1 aliphatic rings. The highest BCUT2D eigenvalue weighted by molar-refractivity contribution is 14.0. The zero-order valence-corrected chi connectivity index (χ0v) is 18.9. The molecule has 27 heavy (non-hydrogen) atoms. The smallest absolute Gasteiger partial charge is 0.251 e. The third kappa shape index (κ3) is 9.19. The summed E-state index contributed by atoms with van der Waals surface area (Å²) in [7, 11) is 1.77. The van der Waals surface area contributed by atoms with Crippen molar-refractivity contribution >= 4 is 29.9 Å². The lowest BCUT2D eigenvalue weighted by molar-refractivity contribution is 0.0744. The molecule has 0 spiro atoms. The van der Waals surface area contributed by atoms with E-state index in [-0.39, 0.29) is 42.0 Å². The van der Waals surface area contributed by atoms with Gasteiger partial charge in [0, 0.05) is 32.7 Å². The minimum atomic E-state index is -2.25. The van der Waals surface area contributed by atoms with E-state index in [0.717, 1.165) is 31.8 Å². The van der Waals surface area contributed by atoms with Gasteiger partial charge in [-0.2, -0.15) is 0 Å². The van der Waals surface area contributed by atoms with Crippen molar-refractivity contribution in [3.05, 3.63) is 35.9 Å². The first-order valence-corrected chi connectivity index (χ1v) is 9.39. The number of hydrogen-bond acceptors (Lipinski definition) is 2. The van der Waals surface area contributed by atoms with Crippen LogP contribution in [0.2, 0.25) is 0 Å². The first-order chi connectivity index (χ1) is 12.4. The summed E-state index contributed by atoms with van der Waals surface area (Å²) < 4.78 is 24.9. The van der Waals surface area contributed by atoms with Crippen LogP contribution >= 0.6 is 24.0 Å². The molecule has 0 atom stereocenters. The summed E-state index contributed by atoms with van der Waals surface area (Å²) in [5.74, 6) is 0.790. The molecule has 0 amide bonds. The average Bonchev–Trinajstić information content (AvgIpc) is 2.60. The highest BCUT2D eigenvalue weighted by atomic mass is 127. The van der Waals surface area contributed by atoms with Crippen molar-refractivity contribution in [2.75, 3.05) is 33.2 Å². The maximum atomic E-state index is 12.5. The monoisotopic (exact) mass is 494 g/mol. The predicted octanol–water partition coefficient (Wildman–Crippen LogP) is 3.77. The third-order valence-corrected chi connectivity index (χ3v) is 4.81. The van der Waals surface area contributed by atoms with E-state index < -0.39 is 6.43 Å². The first kappa shape index (κ1) is 24.1. The molecule has 2 rings (SSSR count). The fourth-order valence-electron chi connectivity index (χ4n) is 3.38. The Hall–Kier alpha value is -0.960. The summed E-state index contributed by atoms with van der Waals surface area (Å²) in [5.41, 5.74) is 1.42. The number of nitrogens with one attached hydrogen (secondary N) is 2. The molecule has 0 aromatic heterocycles. The van der Waals surface area contributed by atoms with Gasteiger partial charge in [-0.3, -0.25) is 9.89 Å². The summed E-state index contributed by atoms with van der Waals surface area (Å²) in [6.07, 6.45) is 0.465. The van der Waals surface area contributed by atoms with Crippen molar-refractivity contribution in [3.63, 3.8) is 0 Å². The van der Waals surface area contributed by atoms with Crippen molar-refractivity contribution < 1.29 is 8.78 Å². The van der Waals surface area contributed by atoms with Gasteiger partial charge in [0.25, 0.3) is 6.43 Å². The van der Waals surface area contributed by atoms with E-state index in [0.29, 0.717) is 13.1 Å². The van der Waals surface area contributed by atoms with Gasteiger partial charge in [0.05, 0.1) is 6.54 Å². The number of nitrogens with zero attached hydrogens (tertiary/aromatic N) is 2. The van der Waals surface area contributed by atoms with E-state index in [1.54, 1.807) is 7.05 Å². The van der Waals surface area contributed by atoms with Crippen molar-refractivity contribution in [1.29, 1.82) is 0 Å². The van der Waals surface area contributed by atoms with Gasteiger partial charge < -0.3 is 10.6 Å². The van der Waals surface area contributed by atoms with Crippen LogP contribution in [0.3, 0.4) is 0 Å². The number of likely N-dealkylation sites (tertiary alicyclic amines) is 1. The number of benzene rings is 1. The van der Waals surface area contributed by atoms with Crippen molar-refractivity contribution in [3.8, 4) is 0 Å². The van der Waals surface area contributed by atoms with E-state index in [4.69, 9.17) is 0 Å². The first-order valence-electron chi connectivity index (χ1n) is 9.39. The lowest BCUT2D eigenvalue weighted by Crippen LogP contribution is -2.50. The van der Waals surface area contributed by atoms with E-state index in [1.807, 2.05) is 11.0 Å². The zero-order chi connectivity index (χ0) is 19.0. The molecule has 1 aliphatic heterocycles. The molecule has 1 saturated heterocycles. The molecule has 1 heterocycles. The van der Waals surface area contributed by atoms with Crippen LogP contribution in [-0.2, 0) is 6.42 Å². The molecular formula is C20H33F2IN4. The number of aliphatic imine (C=N–C) groups is 1. The lowest BCUT2D eigenvalue weighted by atomic mass is 9.86. The molecule has 2 N–H and O–H groups in total. The zero-order valence-electron chi connectivity index (χ0n) is 16.5. The number of halogens is 3. The van der Waals surface area contributed by atoms with E-state index in [2.05, 4.69) is 53.7 Å². The van der Waals surface area contributed by atoms with Crippen LogP contribution in [0.5, 0.6) is 0 Å². The second-order valence-electron chi connectivity index (χ2n) is 7.86. The molecular weight excluding hydrogens is 461 g/mol. The summed E-state index contributed by atoms with van der Waals surface area (Å²) in [5, 5.41) is 6.87. The highest BCUT2D eigenvalue weighted by Gasteiger charge is 2.23. The SMILES string of the molecule is CN=C(NCC(C)(C)Cc1ccccc1)NC1CCN(CC(F)F)CC1.I. The Bertz CT molecular complexity index is 558. The Balaban J connectivity index is 0.00000364. The maximum Gasteiger partial charge on any atom is 0.251 e. The fourth-order valence-corrected chi connectivity index (χ4v) is 3.38. The largest absolute Gasteiger partial charge is 0.356 e. The Labute approximate surface area is 179 Å². The van der Waals surface area contributed by atoms with E-state index >= 15 is 0 Å². The van der Waals surface area contributed by atoms with Gasteiger partial charge in [-0.15, -0.1) is 24.0 Å². The minimum Gasteiger partial charge on any atom is -0.356 e. The van der Waals surface area contributed by atoms with Crippen LogP contribution in [0.25, 0.3) is 0 Å². The molecule has 154 valence electrons. The topological polar surface area (TPSA) is 39.7 Å². The van der Waals surface area contributed by atoms with Gasteiger partial charge >= 0.3 is 0 Å². The summed E-state index contributed by atoms with van der Waals surface area (Å²) in [4.78, 5) is 6.16. The second-order valence-corrected chi connectivity index (χ2v) is 7.86. The normalized spacial score (nSPS) is 16.9. The number of piperidine rings is 1. The molecule has 4 nitrogen and oxygen atoms in total. The molecule has 1 aromatic carbocycles. The molecule has 7 heteroatoms. The third-order valence-electron chi connectivity index (χ3n) is 4.81. The maximum absolute atomic E-state index is 12.5. The van der Waals surface area contributed by atoms with Crippen LogP contribution in [0.15, 0.2) is 35.3 Å². The van der Waals surface area contributed by atoms with Crippen LogP contribution in [0.1, 0.15) is 32.3 Å². The molecule has 0 unspecified atom stereocenters.